The number of pyridine rings is 1. The van der Waals surface area contributed by atoms with Gasteiger partial charge in [-0.3, -0.25) is 4.79 Å². The van der Waals surface area contributed by atoms with Crippen LogP contribution in [-0.4, -0.2) is 28.4 Å². The Hall–Kier alpha value is -1.10. The SMILES string of the molecule is O=C(NCC1CCCCS1)c1cccnc1F. The van der Waals surface area contributed by atoms with Gasteiger partial charge in [0.2, 0.25) is 5.95 Å². The summed E-state index contributed by atoms with van der Waals surface area (Å²) in [4.78, 5) is 15.2. The summed E-state index contributed by atoms with van der Waals surface area (Å²) in [6.07, 6.45) is 4.94. The number of aromatic nitrogens is 1. The lowest BCUT2D eigenvalue weighted by Crippen LogP contribution is -2.32. The molecule has 1 aliphatic rings. The van der Waals surface area contributed by atoms with Gasteiger partial charge in [0, 0.05) is 18.0 Å². The summed E-state index contributed by atoms with van der Waals surface area (Å²) in [6, 6.07) is 3.01. The standard InChI is InChI=1S/C12H15FN2OS/c13-11-10(5-3-6-14-11)12(16)15-8-9-4-1-2-7-17-9/h3,5-6,9H,1-2,4,7-8H2,(H,15,16). The van der Waals surface area contributed by atoms with Crippen LogP contribution in [0.1, 0.15) is 29.6 Å². The Morgan fingerprint density at radius 3 is 3.18 bits per heavy atom. The molecule has 1 unspecified atom stereocenters. The number of thioether (sulfide) groups is 1. The van der Waals surface area contributed by atoms with Crippen LogP contribution in [0.2, 0.25) is 0 Å². The van der Waals surface area contributed by atoms with Crippen molar-refractivity contribution < 1.29 is 9.18 Å². The zero-order valence-corrected chi connectivity index (χ0v) is 10.3. The maximum atomic E-state index is 13.2. The summed E-state index contributed by atoms with van der Waals surface area (Å²) >= 11 is 1.88. The van der Waals surface area contributed by atoms with Gasteiger partial charge in [0.05, 0.1) is 5.56 Å². The van der Waals surface area contributed by atoms with Crippen molar-refractivity contribution in [2.24, 2.45) is 0 Å². The van der Waals surface area contributed by atoms with Crippen molar-refractivity contribution in [3.05, 3.63) is 29.8 Å². The molecule has 0 saturated carbocycles. The second-order valence-corrected chi connectivity index (χ2v) is 5.45. The second kappa shape index (κ2) is 6.00. The van der Waals surface area contributed by atoms with Crippen molar-refractivity contribution in [3.8, 4) is 0 Å². The molecule has 2 heterocycles. The summed E-state index contributed by atoms with van der Waals surface area (Å²) in [7, 11) is 0. The number of rotatable bonds is 3. The molecule has 1 aliphatic heterocycles. The number of amides is 1. The van der Waals surface area contributed by atoms with Crippen molar-refractivity contribution in [3.63, 3.8) is 0 Å². The minimum Gasteiger partial charge on any atom is -0.351 e. The van der Waals surface area contributed by atoms with Gasteiger partial charge in [-0.1, -0.05) is 6.42 Å². The third-order valence-electron chi connectivity index (χ3n) is 2.77. The molecule has 1 saturated heterocycles. The fourth-order valence-corrected chi connectivity index (χ4v) is 3.06. The third kappa shape index (κ3) is 3.43. The Morgan fingerprint density at radius 2 is 2.47 bits per heavy atom. The Balaban J connectivity index is 1.87. The van der Waals surface area contributed by atoms with E-state index in [0.717, 1.165) is 12.2 Å². The summed E-state index contributed by atoms with van der Waals surface area (Å²) in [5, 5.41) is 3.23. The van der Waals surface area contributed by atoms with Crippen molar-refractivity contribution >= 4 is 17.7 Å². The van der Waals surface area contributed by atoms with Gasteiger partial charge in [0.1, 0.15) is 0 Å². The van der Waals surface area contributed by atoms with Crippen LogP contribution in [0.5, 0.6) is 0 Å². The number of nitrogens with zero attached hydrogens (tertiary/aromatic N) is 1. The van der Waals surface area contributed by atoms with E-state index < -0.39 is 5.95 Å². The van der Waals surface area contributed by atoms with Gasteiger partial charge in [-0.25, -0.2) is 4.98 Å². The van der Waals surface area contributed by atoms with Crippen LogP contribution in [0.3, 0.4) is 0 Å². The smallest absolute Gasteiger partial charge is 0.255 e. The van der Waals surface area contributed by atoms with E-state index in [9.17, 15) is 9.18 Å². The van der Waals surface area contributed by atoms with Crippen molar-refractivity contribution in [2.75, 3.05) is 12.3 Å². The van der Waals surface area contributed by atoms with E-state index in [2.05, 4.69) is 10.3 Å². The Labute approximate surface area is 104 Å². The molecule has 0 radical (unpaired) electrons. The molecule has 0 bridgehead atoms. The lowest BCUT2D eigenvalue weighted by Gasteiger charge is -2.21. The Morgan fingerprint density at radius 1 is 1.59 bits per heavy atom. The fraction of sp³-hybridized carbons (Fsp3) is 0.500. The van der Waals surface area contributed by atoms with Crippen LogP contribution >= 0.6 is 11.8 Å². The first kappa shape index (κ1) is 12.4. The molecule has 3 nitrogen and oxygen atoms in total. The van der Waals surface area contributed by atoms with E-state index in [4.69, 9.17) is 0 Å². The van der Waals surface area contributed by atoms with Crippen LogP contribution in [-0.2, 0) is 0 Å². The average Bonchev–Trinajstić information content (AvgIpc) is 2.38. The Kier molecular flexibility index (Phi) is 4.36. The van der Waals surface area contributed by atoms with Gasteiger partial charge >= 0.3 is 0 Å². The van der Waals surface area contributed by atoms with Gasteiger partial charge in [0.25, 0.3) is 5.91 Å². The van der Waals surface area contributed by atoms with E-state index >= 15 is 0 Å². The molecule has 92 valence electrons. The van der Waals surface area contributed by atoms with Crippen LogP contribution in [0.4, 0.5) is 4.39 Å². The third-order valence-corrected chi connectivity index (χ3v) is 4.17. The molecule has 2 rings (SSSR count). The van der Waals surface area contributed by atoms with Crippen molar-refractivity contribution in [1.82, 2.24) is 10.3 Å². The van der Waals surface area contributed by atoms with Crippen LogP contribution in [0, 0.1) is 5.95 Å². The first-order valence-corrected chi connectivity index (χ1v) is 6.82. The summed E-state index contributed by atoms with van der Waals surface area (Å²) < 4.78 is 13.2. The van der Waals surface area contributed by atoms with Gasteiger partial charge in [0.15, 0.2) is 0 Å². The molecule has 1 aromatic heterocycles. The van der Waals surface area contributed by atoms with Crippen LogP contribution < -0.4 is 5.32 Å². The number of hydrogen-bond acceptors (Lipinski definition) is 3. The lowest BCUT2D eigenvalue weighted by molar-refractivity contribution is 0.0948. The van der Waals surface area contributed by atoms with Crippen molar-refractivity contribution in [1.29, 1.82) is 0 Å². The van der Waals surface area contributed by atoms with E-state index in [0.29, 0.717) is 11.8 Å². The molecular weight excluding hydrogens is 239 g/mol. The minimum absolute atomic E-state index is 0.0216. The van der Waals surface area contributed by atoms with E-state index in [1.54, 1.807) is 6.07 Å². The summed E-state index contributed by atoms with van der Waals surface area (Å²) in [5.41, 5.74) is 0.0216. The van der Waals surface area contributed by atoms with Gasteiger partial charge in [-0.15, -0.1) is 0 Å². The molecule has 1 amide bonds. The van der Waals surface area contributed by atoms with Gasteiger partial charge in [-0.05, 0) is 30.7 Å². The number of hydrogen-bond donors (Lipinski definition) is 1. The zero-order chi connectivity index (χ0) is 12.1. The van der Waals surface area contributed by atoms with Crippen LogP contribution in [0.25, 0.3) is 0 Å². The second-order valence-electron chi connectivity index (χ2n) is 4.04. The molecule has 1 N–H and O–H groups in total. The van der Waals surface area contributed by atoms with Crippen LogP contribution in [0.15, 0.2) is 18.3 Å². The predicted octanol–water partition coefficient (Wildman–Crippen LogP) is 2.24. The van der Waals surface area contributed by atoms with Gasteiger partial charge < -0.3 is 5.32 Å². The summed E-state index contributed by atoms with van der Waals surface area (Å²) in [6.45, 7) is 0.609. The molecule has 0 spiro atoms. The predicted molar refractivity (Wildman–Crippen MR) is 66.6 cm³/mol. The molecule has 0 aliphatic carbocycles. The first-order valence-electron chi connectivity index (χ1n) is 5.77. The molecular formula is C12H15FN2OS. The molecule has 5 heteroatoms. The highest BCUT2D eigenvalue weighted by Gasteiger charge is 2.17. The molecule has 1 atom stereocenters. The van der Waals surface area contributed by atoms with E-state index in [-0.39, 0.29) is 11.5 Å². The van der Waals surface area contributed by atoms with E-state index in [1.165, 1.54) is 25.1 Å². The highest BCUT2D eigenvalue weighted by atomic mass is 32.2. The first-order chi connectivity index (χ1) is 8.27. The molecule has 17 heavy (non-hydrogen) atoms. The van der Waals surface area contributed by atoms with Crippen molar-refractivity contribution in [2.45, 2.75) is 24.5 Å². The lowest BCUT2D eigenvalue weighted by atomic mass is 10.2. The fourth-order valence-electron chi connectivity index (χ4n) is 1.83. The normalized spacial score (nSPS) is 19.9. The minimum atomic E-state index is -0.707. The molecule has 1 aromatic rings. The number of carbonyl (C=O) groups excluding carboxylic acids is 1. The quantitative estimate of drug-likeness (QED) is 0.841. The van der Waals surface area contributed by atoms with E-state index in [1.807, 2.05) is 11.8 Å². The largest absolute Gasteiger partial charge is 0.351 e. The monoisotopic (exact) mass is 254 g/mol. The molecule has 1 fully saturated rings. The molecule has 0 aromatic carbocycles. The topological polar surface area (TPSA) is 42.0 Å². The highest BCUT2D eigenvalue weighted by molar-refractivity contribution is 7.99. The maximum Gasteiger partial charge on any atom is 0.255 e. The van der Waals surface area contributed by atoms with Gasteiger partial charge in [-0.2, -0.15) is 16.2 Å². The number of nitrogens with one attached hydrogen (secondary N) is 1. The zero-order valence-electron chi connectivity index (χ0n) is 9.49. The highest BCUT2D eigenvalue weighted by Crippen LogP contribution is 2.24. The number of carbonyl (C=O) groups is 1. The summed E-state index contributed by atoms with van der Waals surface area (Å²) in [5.74, 6) is 0.0741. The number of halogens is 1. The Bertz CT molecular complexity index is 394. The average molecular weight is 254 g/mol. The maximum absolute atomic E-state index is 13.2.